The molecule has 2 heterocycles. The Morgan fingerprint density at radius 3 is 3.10 bits per heavy atom. The standard InChI is InChI=1S/C13H20N4O3/c1-9(14)11-7-17(5-6-20-11)8-12(18)16-13(19)10-3-2-4-15-10/h2-4,9,11,15H,5-8,14H2,1H3,(H,16,18,19). The number of carbonyl (C=O) groups excluding carboxylic acids is 2. The minimum Gasteiger partial charge on any atom is -0.374 e. The SMILES string of the molecule is CC(N)C1CN(CC(=O)NC(=O)c2ccc[nH]2)CCO1. The van der Waals surface area contributed by atoms with E-state index in [9.17, 15) is 9.59 Å². The highest BCUT2D eigenvalue weighted by Crippen LogP contribution is 2.07. The third kappa shape index (κ3) is 3.89. The van der Waals surface area contributed by atoms with Gasteiger partial charge < -0.3 is 15.5 Å². The van der Waals surface area contributed by atoms with Crippen LogP contribution in [0.15, 0.2) is 18.3 Å². The lowest BCUT2D eigenvalue weighted by molar-refractivity contribution is -0.123. The largest absolute Gasteiger partial charge is 0.374 e. The second-order valence-corrected chi connectivity index (χ2v) is 4.96. The molecule has 2 rings (SSSR count). The van der Waals surface area contributed by atoms with E-state index in [-0.39, 0.29) is 24.6 Å². The fourth-order valence-corrected chi connectivity index (χ4v) is 2.10. The number of aromatic nitrogens is 1. The number of morpholine rings is 1. The van der Waals surface area contributed by atoms with Gasteiger partial charge in [0.1, 0.15) is 5.69 Å². The number of amides is 2. The van der Waals surface area contributed by atoms with Gasteiger partial charge in [0.2, 0.25) is 5.91 Å². The number of imide groups is 1. The predicted octanol–water partition coefficient (Wildman–Crippen LogP) is -0.681. The molecule has 2 amide bonds. The maximum atomic E-state index is 11.8. The molecule has 20 heavy (non-hydrogen) atoms. The first-order chi connectivity index (χ1) is 9.56. The van der Waals surface area contributed by atoms with E-state index in [4.69, 9.17) is 10.5 Å². The van der Waals surface area contributed by atoms with Gasteiger partial charge in [-0.2, -0.15) is 0 Å². The number of hydrogen-bond acceptors (Lipinski definition) is 5. The number of ether oxygens (including phenoxy) is 1. The highest BCUT2D eigenvalue weighted by molar-refractivity contribution is 6.04. The Morgan fingerprint density at radius 1 is 1.65 bits per heavy atom. The molecule has 110 valence electrons. The van der Waals surface area contributed by atoms with E-state index in [0.29, 0.717) is 25.4 Å². The molecule has 1 fully saturated rings. The third-order valence-electron chi connectivity index (χ3n) is 3.23. The Bertz CT molecular complexity index is 458. The van der Waals surface area contributed by atoms with Crippen molar-refractivity contribution < 1.29 is 14.3 Å². The summed E-state index contributed by atoms with van der Waals surface area (Å²) in [5.74, 6) is -0.744. The number of hydrogen-bond donors (Lipinski definition) is 3. The van der Waals surface area contributed by atoms with E-state index in [0.717, 1.165) is 0 Å². The maximum Gasteiger partial charge on any atom is 0.274 e. The summed E-state index contributed by atoms with van der Waals surface area (Å²) in [7, 11) is 0. The number of rotatable bonds is 4. The Hall–Kier alpha value is -1.70. The molecule has 0 spiro atoms. The van der Waals surface area contributed by atoms with Gasteiger partial charge in [0.05, 0.1) is 19.3 Å². The van der Waals surface area contributed by atoms with Crippen LogP contribution in [0.25, 0.3) is 0 Å². The highest BCUT2D eigenvalue weighted by Gasteiger charge is 2.25. The summed E-state index contributed by atoms with van der Waals surface area (Å²) in [6.07, 6.45) is 1.56. The zero-order chi connectivity index (χ0) is 14.5. The molecule has 1 aliphatic rings. The fraction of sp³-hybridized carbons (Fsp3) is 0.538. The summed E-state index contributed by atoms with van der Waals surface area (Å²) in [5, 5.41) is 2.35. The zero-order valence-electron chi connectivity index (χ0n) is 11.5. The molecule has 1 aromatic heterocycles. The number of H-pyrrole nitrogens is 1. The van der Waals surface area contributed by atoms with E-state index in [1.165, 1.54) is 0 Å². The minimum atomic E-state index is -0.419. The minimum absolute atomic E-state index is 0.0735. The molecule has 2 unspecified atom stereocenters. The van der Waals surface area contributed by atoms with Crippen molar-refractivity contribution >= 4 is 11.8 Å². The van der Waals surface area contributed by atoms with Crippen molar-refractivity contribution in [3.63, 3.8) is 0 Å². The molecule has 7 nitrogen and oxygen atoms in total. The van der Waals surface area contributed by atoms with Gasteiger partial charge in [-0.1, -0.05) is 0 Å². The van der Waals surface area contributed by atoms with E-state index in [2.05, 4.69) is 10.3 Å². The van der Waals surface area contributed by atoms with Gasteiger partial charge in [-0.3, -0.25) is 19.8 Å². The first kappa shape index (κ1) is 14.7. The Kier molecular flexibility index (Phi) is 4.89. The lowest BCUT2D eigenvalue weighted by Gasteiger charge is -2.34. The van der Waals surface area contributed by atoms with Gasteiger partial charge in [0.15, 0.2) is 0 Å². The van der Waals surface area contributed by atoms with Crippen molar-refractivity contribution in [3.8, 4) is 0 Å². The molecular weight excluding hydrogens is 260 g/mol. The smallest absolute Gasteiger partial charge is 0.274 e. The lowest BCUT2D eigenvalue weighted by atomic mass is 10.1. The average Bonchev–Trinajstić information content (AvgIpc) is 2.92. The van der Waals surface area contributed by atoms with Gasteiger partial charge >= 0.3 is 0 Å². The van der Waals surface area contributed by atoms with Crippen molar-refractivity contribution in [1.82, 2.24) is 15.2 Å². The van der Waals surface area contributed by atoms with E-state index in [1.54, 1.807) is 18.3 Å². The number of nitrogens with one attached hydrogen (secondary N) is 2. The monoisotopic (exact) mass is 280 g/mol. The van der Waals surface area contributed by atoms with Gasteiger partial charge in [-0.25, -0.2) is 0 Å². The summed E-state index contributed by atoms with van der Waals surface area (Å²) >= 11 is 0. The fourth-order valence-electron chi connectivity index (χ4n) is 2.10. The van der Waals surface area contributed by atoms with E-state index in [1.807, 2.05) is 11.8 Å². The molecule has 2 atom stereocenters. The molecule has 4 N–H and O–H groups in total. The Morgan fingerprint density at radius 2 is 2.45 bits per heavy atom. The Labute approximate surface area is 117 Å². The number of carbonyl (C=O) groups is 2. The van der Waals surface area contributed by atoms with Gasteiger partial charge in [0.25, 0.3) is 5.91 Å². The molecule has 0 radical (unpaired) electrons. The van der Waals surface area contributed by atoms with Crippen LogP contribution in [0.1, 0.15) is 17.4 Å². The van der Waals surface area contributed by atoms with Crippen molar-refractivity contribution in [3.05, 3.63) is 24.0 Å². The summed E-state index contributed by atoms with van der Waals surface area (Å²) in [6, 6.07) is 3.24. The molecule has 1 saturated heterocycles. The molecule has 0 aromatic carbocycles. The maximum absolute atomic E-state index is 11.8. The van der Waals surface area contributed by atoms with Crippen LogP contribution in [0, 0.1) is 0 Å². The molecule has 0 saturated carbocycles. The third-order valence-corrected chi connectivity index (χ3v) is 3.23. The quantitative estimate of drug-likeness (QED) is 0.678. The van der Waals surface area contributed by atoms with Crippen molar-refractivity contribution in [2.75, 3.05) is 26.2 Å². The second kappa shape index (κ2) is 6.65. The molecule has 1 aliphatic heterocycles. The normalized spacial score (nSPS) is 21.4. The summed E-state index contributed by atoms with van der Waals surface area (Å²) in [5.41, 5.74) is 6.16. The number of aromatic amines is 1. The molecule has 1 aromatic rings. The lowest BCUT2D eigenvalue weighted by Crippen LogP contribution is -2.52. The number of nitrogens with zero attached hydrogens (tertiary/aromatic N) is 1. The first-order valence-electron chi connectivity index (χ1n) is 6.63. The van der Waals surface area contributed by atoms with Crippen LogP contribution in [0.5, 0.6) is 0 Å². The summed E-state index contributed by atoms with van der Waals surface area (Å²) < 4.78 is 5.52. The van der Waals surface area contributed by atoms with Gasteiger partial charge in [0, 0.05) is 25.3 Å². The average molecular weight is 280 g/mol. The molecule has 0 bridgehead atoms. The van der Waals surface area contributed by atoms with E-state index < -0.39 is 5.91 Å². The van der Waals surface area contributed by atoms with Crippen molar-refractivity contribution in [2.45, 2.75) is 19.1 Å². The first-order valence-corrected chi connectivity index (χ1v) is 6.63. The zero-order valence-corrected chi connectivity index (χ0v) is 11.5. The van der Waals surface area contributed by atoms with Gasteiger partial charge in [-0.15, -0.1) is 0 Å². The summed E-state index contributed by atoms with van der Waals surface area (Å²) in [4.78, 5) is 28.2. The van der Waals surface area contributed by atoms with Crippen LogP contribution in [-0.4, -0.2) is 60.1 Å². The predicted molar refractivity (Wildman–Crippen MR) is 73.1 cm³/mol. The molecule has 0 aliphatic carbocycles. The van der Waals surface area contributed by atoms with Crippen LogP contribution in [0.3, 0.4) is 0 Å². The Balaban J connectivity index is 1.81. The van der Waals surface area contributed by atoms with E-state index >= 15 is 0 Å². The van der Waals surface area contributed by atoms with Gasteiger partial charge in [-0.05, 0) is 19.1 Å². The van der Waals surface area contributed by atoms with Crippen LogP contribution in [0.2, 0.25) is 0 Å². The van der Waals surface area contributed by atoms with Crippen LogP contribution >= 0.6 is 0 Å². The highest BCUT2D eigenvalue weighted by atomic mass is 16.5. The molecular formula is C13H20N4O3. The van der Waals surface area contributed by atoms with Crippen molar-refractivity contribution in [2.24, 2.45) is 5.73 Å². The van der Waals surface area contributed by atoms with Crippen molar-refractivity contribution in [1.29, 1.82) is 0 Å². The number of nitrogens with two attached hydrogens (primary N) is 1. The van der Waals surface area contributed by atoms with Crippen LogP contribution < -0.4 is 11.1 Å². The van der Waals surface area contributed by atoms with Crippen LogP contribution in [0.4, 0.5) is 0 Å². The second-order valence-electron chi connectivity index (χ2n) is 4.96. The topological polar surface area (TPSA) is 100 Å². The summed E-state index contributed by atoms with van der Waals surface area (Å²) in [6.45, 7) is 3.85. The van der Waals surface area contributed by atoms with Crippen LogP contribution in [-0.2, 0) is 9.53 Å². The molecule has 7 heteroatoms.